The third-order valence-corrected chi connectivity index (χ3v) is 2.91. The number of methoxy groups -OCH3 is 1. The van der Waals surface area contributed by atoms with Crippen LogP contribution in [-0.4, -0.2) is 13.7 Å². The van der Waals surface area contributed by atoms with Crippen molar-refractivity contribution in [3.8, 4) is 5.75 Å². The molecule has 1 atom stereocenters. The first kappa shape index (κ1) is 11.9. The molecule has 2 N–H and O–H groups in total. The van der Waals surface area contributed by atoms with Gasteiger partial charge in [-0.15, -0.1) is 0 Å². The largest absolute Gasteiger partial charge is 0.501 e. The molecule has 0 saturated carbocycles. The van der Waals surface area contributed by atoms with Gasteiger partial charge in [0.15, 0.2) is 0 Å². The van der Waals surface area contributed by atoms with Gasteiger partial charge in [-0.25, -0.2) is 4.39 Å². The number of benzene rings is 1. The summed E-state index contributed by atoms with van der Waals surface area (Å²) in [5.74, 6) is 0.132. The van der Waals surface area contributed by atoms with Crippen LogP contribution in [0.5, 0.6) is 5.75 Å². The van der Waals surface area contributed by atoms with Crippen molar-refractivity contribution in [2.75, 3.05) is 13.7 Å². The van der Waals surface area contributed by atoms with E-state index in [1.807, 2.05) is 0 Å². The zero-order valence-corrected chi connectivity index (χ0v) is 9.78. The molecule has 0 spiro atoms. The fourth-order valence-electron chi connectivity index (χ4n) is 2.00. The summed E-state index contributed by atoms with van der Waals surface area (Å²) < 4.78 is 24.2. The van der Waals surface area contributed by atoms with Crippen LogP contribution in [0.25, 0.3) is 0 Å². The highest BCUT2D eigenvalue weighted by Crippen LogP contribution is 2.33. The van der Waals surface area contributed by atoms with Crippen molar-refractivity contribution in [1.29, 1.82) is 0 Å². The summed E-state index contributed by atoms with van der Waals surface area (Å²) in [5.41, 5.74) is 7.38. The third kappa shape index (κ3) is 2.42. The molecule has 0 aliphatic carbocycles. The van der Waals surface area contributed by atoms with Gasteiger partial charge < -0.3 is 15.2 Å². The van der Waals surface area contributed by atoms with E-state index in [2.05, 4.69) is 0 Å². The summed E-state index contributed by atoms with van der Waals surface area (Å²) in [6.07, 6.45) is 3.38. The van der Waals surface area contributed by atoms with Crippen LogP contribution < -0.4 is 10.5 Å². The van der Waals surface area contributed by atoms with Crippen LogP contribution in [-0.2, 0) is 4.74 Å². The summed E-state index contributed by atoms with van der Waals surface area (Å²) in [7, 11) is 1.51. The highest BCUT2D eigenvalue weighted by atomic mass is 19.1. The molecule has 0 saturated heterocycles. The number of hydrogen-bond acceptors (Lipinski definition) is 3. The van der Waals surface area contributed by atoms with Gasteiger partial charge >= 0.3 is 0 Å². The molecule has 3 nitrogen and oxygen atoms in total. The van der Waals surface area contributed by atoms with Crippen LogP contribution in [0.3, 0.4) is 0 Å². The van der Waals surface area contributed by atoms with E-state index in [1.165, 1.54) is 13.2 Å². The van der Waals surface area contributed by atoms with E-state index in [0.717, 1.165) is 18.4 Å². The van der Waals surface area contributed by atoms with E-state index < -0.39 is 6.04 Å². The number of hydrogen-bond donors (Lipinski definition) is 1. The first-order chi connectivity index (χ1) is 8.24. The molecule has 0 fully saturated rings. The first-order valence-electron chi connectivity index (χ1n) is 5.62. The zero-order valence-electron chi connectivity index (χ0n) is 9.78. The van der Waals surface area contributed by atoms with Crippen LogP contribution in [0, 0.1) is 5.82 Å². The van der Waals surface area contributed by atoms with Crippen LogP contribution in [0.1, 0.15) is 24.4 Å². The van der Waals surface area contributed by atoms with Crippen molar-refractivity contribution < 1.29 is 13.9 Å². The molecule has 4 heteroatoms. The molecule has 0 radical (unpaired) electrons. The minimum Gasteiger partial charge on any atom is -0.501 e. The fourth-order valence-corrected chi connectivity index (χ4v) is 2.00. The molecule has 1 aliphatic rings. The third-order valence-electron chi connectivity index (χ3n) is 2.91. The maximum absolute atomic E-state index is 13.8. The minimum atomic E-state index is -0.508. The molecule has 2 rings (SSSR count). The van der Waals surface area contributed by atoms with Crippen molar-refractivity contribution in [2.24, 2.45) is 5.73 Å². The Balaban J connectivity index is 2.35. The maximum Gasteiger partial charge on any atom is 0.132 e. The summed E-state index contributed by atoms with van der Waals surface area (Å²) in [6.45, 7) is 0.699. The van der Waals surface area contributed by atoms with Gasteiger partial charge in [-0.05, 0) is 30.5 Å². The van der Waals surface area contributed by atoms with Gasteiger partial charge in [0, 0.05) is 0 Å². The predicted octanol–water partition coefficient (Wildman–Crippen LogP) is 2.53. The number of ether oxygens (including phenoxy) is 2. The molecular formula is C13H16FNO2. The summed E-state index contributed by atoms with van der Waals surface area (Å²) in [5, 5.41) is 0. The Bertz CT molecular complexity index is 431. The zero-order chi connectivity index (χ0) is 12.3. The first-order valence-corrected chi connectivity index (χ1v) is 5.62. The predicted molar refractivity (Wildman–Crippen MR) is 63.1 cm³/mol. The van der Waals surface area contributed by atoms with Gasteiger partial charge in [0.25, 0.3) is 0 Å². The van der Waals surface area contributed by atoms with E-state index >= 15 is 0 Å². The normalized spacial score (nSPS) is 17.0. The summed E-state index contributed by atoms with van der Waals surface area (Å²) in [6, 6.07) is 4.20. The molecular weight excluding hydrogens is 221 g/mol. The smallest absolute Gasteiger partial charge is 0.132 e. The molecule has 1 aromatic carbocycles. The molecule has 0 aromatic heterocycles. The van der Waals surface area contributed by atoms with Crippen molar-refractivity contribution in [2.45, 2.75) is 18.9 Å². The van der Waals surface area contributed by atoms with E-state index in [0.29, 0.717) is 17.9 Å². The second-order valence-corrected chi connectivity index (χ2v) is 4.00. The number of halogens is 1. The minimum absolute atomic E-state index is 0.344. The lowest BCUT2D eigenvalue weighted by atomic mass is 9.95. The highest BCUT2D eigenvalue weighted by molar-refractivity contribution is 5.41. The van der Waals surface area contributed by atoms with Crippen molar-refractivity contribution >= 4 is 0 Å². The van der Waals surface area contributed by atoms with E-state index in [1.54, 1.807) is 18.4 Å². The lowest BCUT2D eigenvalue weighted by Gasteiger charge is -2.22. The molecule has 0 bridgehead atoms. The van der Waals surface area contributed by atoms with Crippen molar-refractivity contribution in [3.05, 3.63) is 41.4 Å². The quantitative estimate of drug-likeness (QED) is 0.878. The number of rotatable bonds is 3. The van der Waals surface area contributed by atoms with Gasteiger partial charge in [0.05, 0.1) is 31.6 Å². The molecule has 0 amide bonds. The molecule has 17 heavy (non-hydrogen) atoms. The van der Waals surface area contributed by atoms with E-state index in [-0.39, 0.29) is 5.82 Å². The van der Waals surface area contributed by atoms with Gasteiger partial charge in [-0.2, -0.15) is 0 Å². The Hall–Kier alpha value is -1.55. The van der Waals surface area contributed by atoms with E-state index in [4.69, 9.17) is 15.2 Å². The van der Waals surface area contributed by atoms with Crippen LogP contribution >= 0.6 is 0 Å². The molecule has 1 unspecified atom stereocenters. The molecule has 92 valence electrons. The number of nitrogens with two attached hydrogens (primary N) is 1. The SMILES string of the molecule is COc1cccc(F)c1C(N)C1=COCCC1. The van der Waals surface area contributed by atoms with E-state index in [9.17, 15) is 4.39 Å². The summed E-state index contributed by atoms with van der Waals surface area (Å²) in [4.78, 5) is 0. The maximum atomic E-state index is 13.8. The average molecular weight is 237 g/mol. The van der Waals surface area contributed by atoms with Crippen molar-refractivity contribution in [1.82, 2.24) is 0 Å². The van der Waals surface area contributed by atoms with Crippen molar-refractivity contribution in [3.63, 3.8) is 0 Å². The second kappa shape index (κ2) is 5.19. The van der Waals surface area contributed by atoms with Gasteiger partial charge in [0.2, 0.25) is 0 Å². The lowest BCUT2D eigenvalue weighted by molar-refractivity contribution is 0.221. The molecule has 1 aliphatic heterocycles. The average Bonchev–Trinajstić information content (AvgIpc) is 2.38. The molecule has 1 heterocycles. The Labute approximate surface area is 100 Å². The fraction of sp³-hybridized carbons (Fsp3) is 0.385. The van der Waals surface area contributed by atoms with Gasteiger partial charge in [-0.1, -0.05) is 6.07 Å². The van der Waals surface area contributed by atoms with Crippen LogP contribution in [0.15, 0.2) is 30.0 Å². The Kier molecular flexibility index (Phi) is 3.64. The Morgan fingerprint density at radius 3 is 2.94 bits per heavy atom. The lowest BCUT2D eigenvalue weighted by Crippen LogP contribution is -2.18. The molecule has 1 aromatic rings. The van der Waals surface area contributed by atoms with Crippen LogP contribution in [0.2, 0.25) is 0 Å². The van der Waals surface area contributed by atoms with Gasteiger partial charge in [-0.3, -0.25) is 0 Å². The summed E-state index contributed by atoms with van der Waals surface area (Å²) >= 11 is 0. The Morgan fingerprint density at radius 1 is 1.47 bits per heavy atom. The highest BCUT2D eigenvalue weighted by Gasteiger charge is 2.21. The topological polar surface area (TPSA) is 44.5 Å². The monoisotopic (exact) mass is 237 g/mol. The van der Waals surface area contributed by atoms with Crippen LogP contribution in [0.4, 0.5) is 4.39 Å². The second-order valence-electron chi connectivity index (χ2n) is 4.00. The van der Waals surface area contributed by atoms with Gasteiger partial charge in [0.1, 0.15) is 11.6 Å². The standard InChI is InChI=1S/C13H16FNO2/c1-16-11-6-2-5-10(14)12(11)13(15)9-4-3-7-17-8-9/h2,5-6,8,13H,3-4,7,15H2,1H3. The Morgan fingerprint density at radius 2 is 2.29 bits per heavy atom.